The summed E-state index contributed by atoms with van der Waals surface area (Å²) >= 11 is 0. The maximum absolute atomic E-state index is 6.26. The van der Waals surface area contributed by atoms with Crippen molar-refractivity contribution in [2.45, 2.75) is 38.2 Å². The van der Waals surface area contributed by atoms with Crippen molar-refractivity contribution in [3.05, 3.63) is 48.9 Å². The Labute approximate surface area is 221 Å². The summed E-state index contributed by atoms with van der Waals surface area (Å²) in [6.45, 7) is 4.01. The number of aromatic nitrogens is 6. The Morgan fingerprint density at radius 2 is 1.82 bits per heavy atom. The second-order valence-corrected chi connectivity index (χ2v) is 10.5. The van der Waals surface area contributed by atoms with E-state index in [1.54, 1.807) is 6.20 Å². The van der Waals surface area contributed by atoms with Gasteiger partial charge in [-0.15, -0.1) is 0 Å². The molecule has 0 spiro atoms. The van der Waals surface area contributed by atoms with Crippen LogP contribution in [0.15, 0.2) is 48.9 Å². The van der Waals surface area contributed by atoms with E-state index in [1.165, 1.54) is 19.3 Å². The molecule has 38 heavy (non-hydrogen) atoms. The molecule has 5 aromatic heterocycles. The van der Waals surface area contributed by atoms with Gasteiger partial charge in [-0.1, -0.05) is 6.42 Å². The Hall–Kier alpha value is -3.98. The van der Waals surface area contributed by atoms with Crippen LogP contribution in [-0.2, 0) is 0 Å². The number of H-pyrrole nitrogens is 2. The predicted octanol–water partition coefficient (Wildman–Crippen LogP) is 5.03. The summed E-state index contributed by atoms with van der Waals surface area (Å²) in [7, 11) is 2.17. The number of likely N-dealkylation sites (N-methyl/N-ethyl adjacent to an activating group) is 1. The van der Waals surface area contributed by atoms with Gasteiger partial charge >= 0.3 is 0 Å². The molecular weight excluding hydrogens is 476 g/mol. The SMILES string of the molecule is CN1CCN(c2nccc3[nH]c(-c4n[nH]c5ccc(-c6cncc(OC7CCCCC7)c6)nc45)cc23)CC1. The number of hydrogen-bond donors (Lipinski definition) is 2. The molecule has 1 aliphatic heterocycles. The van der Waals surface area contributed by atoms with E-state index in [1.807, 2.05) is 36.7 Å². The molecule has 0 bridgehead atoms. The van der Waals surface area contributed by atoms with Crippen LogP contribution < -0.4 is 9.64 Å². The van der Waals surface area contributed by atoms with E-state index in [2.05, 4.69) is 43.1 Å². The first-order chi connectivity index (χ1) is 18.7. The van der Waals surface area contributed by atoms with Crippen LogP contribution in [0.25, 0.3) is 44.6 Å². The Kier molecular flexibility index (Phi) is 5.92. The van der Waals surface area contributed by atoms with Crippen molar-refractivity contribution in [2.24, 2.45) is 0 Å². The van der Waals surface area contributed by atoms with Gasteiger partial charge in [0.1, 0.15) is 22.8 Å². The van der Waals surface area contributed by atoms with Crippen molar-refractivity contribution in [1.29, 1.82) is 0 Å². The van der Waals surface area contributed by atoms with Gasteiger partial charge in [-0.05, 0) is 63.1 Å². The normalized spacial score (nSPS) is 17.4. The second-order valence-electron chi connectivity index (χ2n) is 10.5. The summed E-state index contributed by atoms with van der Waals surface area (Å²) in [6.07, 6.45) is 11.8. The van der Waals surface area contributed by atoms with Gasteiger partial charge in [0.25, 0.3) is 0 Å². The molecule has 2 N–H and O–H groups in total. The lowest BCUT2D eigenvalue weighted by molar-refractivity contribution is 0.154. The molecule has 0 unspecified atom stereocenters. The average molecular weight is 509 g/mol. The lowest BCUT2D eigenvalue weighted by Gasteiger charge is -2.33. The first-order valence-electron chi connectivity index (χ1n) is 13.6. The third kappa shape index (κ3) is 4.36. The van der Waals surface area contributed by atoms with Crippen LogP contribution in [0.2, 0.25) is 0 Å². The van der Waals surface area contributed by atoms with Crippen molar-refractivity contribution in [1.82, 2.24) is 35.0 Å². The molecule has 0 aromatic carbocycles. The lowest BCUT2D eigenvalue weighted by atomic mass is 9.98. The summed E-state index contributed by atoms with van der Waals surface area (Å²) in [5.74, 6) is 1.83. The number of piperazine rings is 1. The highest BCUT2D eigenvalue weighted by Crippen LogP contribution is 2.33. The Morgan fingerprint density at radius 3 is 2.68 bits per heavy atom. The number of fused-ring (bicyclic) bond motifs is 2. The van der Waals surface area contributed by atoms with E-state index in [9.17, 15) is 0 Å². The highest BCUT2D eigenvalue weighted by Gasteiger charge is 2.21. The third-order valence-electron chi connectivity index (χ3n) is 7.86. The van der Waals surface area contributed by atoms with Gasteiger partial charge in [0.05, 0.1) is 34.7 Å². The molecule has 1 saturated heterocycles. The van der Waals surface area contributed by atoms with Gasteiger partial charge < -0.3 is 19.5 Å². The van der Waals surface area contributed by atoms with E-state index in [0.29, 0.717) is 0 Å². The van der Waals surface area contributed by atoms with Crippen LogP contribution in [-0.4, -0.2) is 74.4 Å². The van der Waals surface area contributed by atoms with Gasteiger partial charge in [-0.25, -0.2) is 9.97 Å². The summed E-state index contributed by atoms with van der Waals surface area (Å²) in [5.41, 5.74) is 6.26. The van der Waals surface area contributed by atoms with Crippen molar-refractivity contribution in [3.8, 4) is 28.4 Å². The third-order valence-corrected chi connectivity index (χ3v) is 7.86. The second kappa shape index (κ2) is 9.72. The van der Waals surface area contributed by atoms with Crippen molar-refractivity contribution >= 4 is 27.8 Å². The standard InChI is InChI=1S/C29H32N8O/c1-36-11-13-37(14-12-36)29-22-16-26(32-24(22)9-10-31-29)28-27-25(34-35-28)8-7-23(33-27)19-15-21(18-30-17-19)38-20-5-3-2-4-6-20/h7-10,15-18,20,32H,2-6,11-14H2,1H3,(H,34,35). The van der Waals surface area contributed by atoms with E-state index in [-0.39, 0.29) is 6.10 Å². The Bertz CT molecular complexity index is 1580. The zero-order chi connectivity index (χ0) is 25.5. The van der Waals surface area contributed by atoms with Crippen LogP contribution >= 0.6 is 0 Å². The quantitative estimate of drug-likeness (QED) is 0.344. The predicted molar refractivity (Wildman–Crippen MR) is 149 cm³/mol. The minimum absolute atomic E-state index is 0.281. The fourth-order valence-electron chi connectivity index (χ4n) is 5.68. The molecule has 0 amide bonds. The van der Waals surface area contributed by atoms with Crippen molar-refractivity contribution in [2.75, 3.05) is 38.1 Å². The van der Waals surface area contributed by atoms with Gasteiger partial charge in [0, 0.05) is 49.5 Å². The van der Waals surface area contributed by atoms with E-state index >= 15 is 0 Å². The van der Waals surface area contributed by atoms with Crippen LogP contribution in [0.3, 0.4) is 0 Å². The van der Waals surface area contributed by atoms with Crippen LogP contribution in [0, 0.1) is 0 Å². The first-order valence-corrected chi connectivity index (χ1v) is 13.6. The molecular formula is C29H32N8O. The largest absolute Gasteiger partial charge is 0.489 e. The van der Waals surface area contributed by atoms with E-state index < -0.39 is 0 Å². The topological polar surface area (TPSA) is 98.8 Å². The van der Waals surface area contributed by atoms with Crippen LogP contribution in [0.1, 0.15) is 32.1 Å². The smallest absolute Gasteiger partial charge is 0.138 e. The Morgan fingerprint density at radius 1 is 0.947 bits per heavy atom. The molecule has 0 atom stereocenters. The lowest BCUT2D eigenvalue weighted by Crippen LogP contribution is -2.44. The molecule has 0 radical (unpaired) electrons. The number of nitrogens with zero attached hydrogens (tertiary/aromatic N) is 6. The van der Waals surface area contributed by atoms with E-state index in [4.69, 9.17) is 14.7 Å². The van der Waals surface area contributed by atoms with Gasteiger partial charge in [-0.2, -0.15) is 5.10 Å². The fraction of sp³-hybridized carbons (Fsp3) is 0.379. The molecule has 6 heterocycles. The zero-order valence-corrected chi connectivity index (χ0v) is 21.7. The molecule has 194 valence electrons. The first kappa shape index (κ1) is 23.2. The summed E-state index contributed by atoms with van der Waals surface area (Å²) < 4.78 is 6.26. The Balaban J connectivity index is 1.22. The molecule has 9 heteroatoms. The highest BCUT2D eigenvalue weighted by molar-refractivity contribution is 5.98. The molecule has 7 rings (SSSR count). The molecule has 2 fully saturated rings. The number of anilines is 1. The van der Waals surface area contributed by atoms with Gasteiger partial charge in [0.15, 0.2) is 0 Å². The number of ether oxygens (including phenoxy) is 1. The maximum atomic E-state index is 6.26. The van der Waals surface area contributed by atoms with Crippen molar-refractivity contribution in [3.63, 3.8) is 0 Å². The number of pyridine rings is 3. The highest BCUT2D eigenvalue weighted by atomic mass is 16.5. The fourth-order valence-corrected chi connectivity index (χ4v) is 5.68. The minimum Gasteiger partial charge on any atom is -0.489 e. The summed E-state index contributed by atoms with van der Waals surface area (Å²) in [6, 6.07) is 10.3. The molecule has 9 nitrogen and oxygen atoms in total. The zero-order valence-electron chi connectivity index (χ0n) is 21.7. The molecule has 1 saturated carbocycles. The summed E-state index contributed by atoms with van der Waals surface area (Å²) in [5, 5.41) is 8.90. The maximum Gasteiger partial charge on any atom is 0.138 e. The number of nitrogens with one attached hydrogen (secondary N) is 2. The molecule has 5 aromatic rings. The van der Waals surface area contributed by atoms with Crippen LogP contribution in [0.4, 0.5) is 5.82 Å². The van der Waals surface area contributed by atoms with Gasteiger partial charge in [0.2, 0.25) is 0 Å². The molecule has 2 aliphatic rings. The van der Waals surface area contributed by atoms with Gasteiger partial charge in [-0.3, -0.25) is 10.1 Å². The number of hydrogen-bond acceptors (Lipinski definition) is 7. The monoisotopic (exact) mass is 508 g/mol. The molecule has 1 aliphatic carbocycles. The average Bonchev–Trinajstić information content (AvgIpc) is 3.58. The number of rotatable bonds is 5. The van der Waals surface area contributed by atoms with Crippen LogP contribution in [0.5, 0.6) is 5.75 Å². The summed E-state index contributed by atoms with van der Waals surface area (Å²) in [4.78, 5) is 22.5. The van der Waals surface area contributed by atoms with Crippen molar-refractivity contribution < 1.29 is 4.74 Å². The van der Waals surface area contributed by atoms with E-state index in [0.717, 1.165) is 95.2 Å². The number of aromatic amines is 2. The minimum atomic E-state index is 0.281.